The summed E-state index contributed by atoms with van der Waals surface area (Å²) < 4.78 is 0. The number of rotatable bonds is 8. The van der Waals surface area contributed by atoms with Gasteiger partial charge in [-0.25, -0.2) is 0 Å². The fourth-order valence-corrected chi connectivity index (χ4v) is 3.41. The van der Waals surface area contributed by atoms with Crippen LogP contribution in [0.5, 0.6) is 0 Å². The van der Waals surface area contributed by atoms with Gasteiger partial charge in [-0.3, -0.25) is 14.4 Å². The van der Waals surface area contributed by atoms with Gasteiger partial charge in [-0.1, -0.05) is 32.9 Å². The molecule has 0 spiro atoms. The van der Waals surface area contributed by atoms with Crippen molar-refractivity contribution in [2.75, 3.05) is 22.6 Å². The van der Waals surface area contributed by atoms with Crippen molar-refractivity contribution >= 4 is 40.9 Å². The fourth-order valence-electron chi connectivity index (χ4n) is 2.94. The molecular formula is C24H31N3O3S. The first-order chi connectivity index (χ1) is 14.6. The Balaban J connectivity index is 2.07. The van der Waals surface area contributed by atoms with E-state index in [9.17, 15) is 14.4 Å². The van der Waals surface area contributed by atoms with Gasteiger partial charge in [0.2, 0.25) is 11.8 Å². The van der Waals surface area contributed by atoms with Gasteiger partial charge in [-0.05, 0) is 65.8 Å². The number of carbonyl (C=O) groups is 3. The molecule has 0 heterocycles. The molecule has 0 saturated heterocycles. The predicted octanol–water partition coefficient (Wildman–Crippen LogP) is 4.43. The van der Waals surface area contributed by atoms with Crippen molar-refractivity contribution in [3.8, 4) is 0 Å². The molecule has 0 bridgehead atoms. The van der Waals surface area contributed by atoms with Crippen LogP contribution in [0.25, 0.3) is 0 Å². The summed E-state index contributed by atoms with van der Waals surface area (Å²) in [6.45, 7) is 7.79. The van der Waals surface area contributed by atoms with Crippen LogP contribution >= 0.6 is 11.8 Å². The summed E-state index contributed by atoms with van der Waals surface area (Å²) in [6.07, 6.45) is 2.48. The summed E-state index contributed by atoms with van der Waals surface area (Å²) in [5, 5.41) is 8.39. The maximum atomic E-state index is 12.8. The maximum absolute atomic E-state index is 12.8. The fraction of sp³-hybridized carbons (Fsp3) is 0.375. The molecular weight excluding hydrogens is 410 g/mol. The van der Waals surface area contributed by atoms with Gasteiger partial charge < -0.3 is 16.0 Å². The summed E-state index contributed by atoms with van der Waals surface area (Å²) in [6, 6.07) is 13.7. The third kappa shape index (κ3) is 7.75. The summed E-state index contributed by atoms with van der Waals surface area (Å²) >= 11 is 1.62. The quantitative estimate of drug-likeness (QED) is 0.565. The SMILES string of the molecule is CSCCC(NC(=O)c1ccc(C(C)(C)C)cc1)C(=O)Nc1ccc(NC(C)=O)cc1. The zero-order chi connectivity index (χ0) is 23.0. The van der Waals surface area contributed by atoms with Crippen LogP contribution in [0.15, 0.2) is 48.5 Å². The number of benzene rings is 2. The molecule has 0 aliphatic heterocycles. The number of amides is 3. The van der Waals surface area contributed by atoms with Crippen molar-refractivity contribution in [3.63, 3.8) is 0 Å². The van der Waals surface area contributed by atoms with Gasteiger partial charge in [-0.2, -0.15) is 11.8 Å². The first kappa shape index (κ1) is 24.5. The van der Waals surface area contributed by atoms with Gasteiger partial charge in [0.25, 0.3) is 5.91 Å². The van der Waals surface area contributed by atoms with E-state index in [-0.39, 0.29) is 23.1 Å². The lowest BCUT2D eigenvalue weighted by Crippen LogP contribution is -2.44. The third-order valence-corrected chi connectivity index (χ3v) is 5.36. The Kier molecular flexibility index (Phi) is 8.68. The zero-order valence-electron chi connectivity index (χ0n) is 18.7. The van der Waals surface area contributed by atoms with Crippen LogP contribution in [0, 0.1) is 0 Å². The zero-order valence-corrected chi connectivity index (χ0v) is 19.6. The van der Waals surface area contributed by atoms with Crippen molar-refractivity contribution in [1.29, 1.82) is 0 Å². The van der Waals surface area contributed by atoms with Crippen LogP contribution in [0.2, 0.25) is 0 Å². The second-order valence-electron chi connectivity index (χ2n) is 8.38. The molecule has 0 radical (unpaired) electrons. The number of nitrogens with one attached hydrogen (secondary N) is 3. The minimum Gasteiger partial charge on any atom is -0.340 e. The number of hydrogen-bond donors (Lipinski definition) is 3. The average molecular weight is 442 g/mol. The predicted molar refractivity (Wildman–Crippen MR) is 129 cm³/mol. The lowest BCUT2D eigenvalue weighted by molar-refractivity contribution is -0.118. The molecule has 2 aromatic rings. The van der Waals surface area contributed by atoms with Crippen LogP contribution in [0.1, 0.15) is 50.0 Å². The minimum atomic E-state index is -0.655. The van der Waals surface area contributed by atoms with Gasteiger partial charge in [0.05, 0.1) is 0 Å². The summed E-state index contributed by atoms with van der Waals surface area (Å²) in [7, 11) is 0. The van der Waals surface area contributed by atoms with Crippen LogP contribution in [-0.4, -0.2) is 35.8 Å². The lowest BCUT2D eigenvalue weighted by Gasteiger charge is -2.20. The maximum Gasteiger partial charge on any atom is 0.251 e. The molecule has 0 aromatic heterocycles. The Morgan fingerprint density at radius 2 is 1.45 bits per heavy atom. The van der Waals surface area contributed by atoms with E-state index < -0.39 is 6.04 Å². The van der Waals surface area contributed by atoms with Gasteiger partial charge in [-0.15, -0.1) is 0 Å². The summed E-state index contributed by atoms with van der Waals surface area (Å²) in [5.74, 6) is 0.0267. The average Bonchev–Trinajstić information content (AvgIpc) is 2.71. The Hall–Kier alpha value is -2.80. The van der Waals surface area contributed by atoms with Crippen molar-refractivity contribution in [3.05, 3.63) is 59.7 Å². The van der Waals surface area contributed by atoms with Crippen molar-refractivity contribution in [1.82, 2.24) is 5.32 Å². The highest BCUT2D eigenvalue weighted by Gasteiger charge is 2.22. The minimum absolute atomic E-state index is 0.00522. The third-order valence-electron chi connectivity index (χ3n) is 4.72. The molecule has 1 unspecified atom stereocenters. The van der Waals surface area contributed by atoms with Gasteiger partial charge in [0, 0.05) is 23.9 Å². The van der Waals surface area contributed by atoms with E-state index in [0.717, 1.165) is 11.3 Å². The molecule has 0 aliphatic carbocycles. The van der Waals surface area contributed by atoms with Gasteiger partial charge >= 0.3 is 0 Å². The summed E-state index contributed by atoms with van der Waals surface area (Å²) in [4.78, 5) is 36.7. The van der Waals surface area contributed by atoms with Crippen molar-refractivity contribution in [2.24, 2.45) is 0 Å². The monoisotopic (exact) mass is 441 g/mol. The van der Waals surface area contributed by atoms with Crippen LogP contribution in [0.4, 0.5) is 11.4 Å². The van der Waals surface area contributed by atoms with E-state index in [2.05, 4.69) is 36.7 Å². The molecule has 31 heavy (non-hydrogen) atoms. The van der Waals surface area contributed by atoms with Crippen LogP contribution < -0.4 is 16.0 Å². The molecule has 7 heteroatoms. The van der Waals surface area contributed by atoms with E-state index in [4.69, 9.17) is 0 Å². The molecule has 0 fully saturated rings. The van der Waals surface area contributed by atoms with Gasteiger partial charge in [0.15, 0.2) is 0 Å². The highest BCUT2D eigenvalue weighted by Crippen LogP contribution is 2.22. The van der Waals surface area contributed by atoms with E-state index in [1.54, 1.807) is 48.2 Å². The van der Waals surface area contributed by atoms with E-state index >= 15 is 0 Å². The molecule has 1 atom stereocenters. The Bertz CT molecular complexity index is 903. The van der Waals surface area contributed by atoms with E-state index in [1.807, 2.05) is 18.4 Å². The molecule has 2 aromatic carbocycles. The van der Waals surface area contributed by atoms with Crippen LogP contribution in [-0.2, 0) is 15.0 Å². The van der Waals surface area contributed by atoms with E-state index in [1.165, 1.54) is 6.92 Å². The normalized spacial score (nSPS) is 12.0. The number of hydrogen-bond acceptors (Lipinski definition) is 4. The number of thioether (sulfide) groups is 1. The number of carbonyl (C=O) groups excluding carboxylic acids is 3. The van der Waals surface area contributed by atoms with Crippen molar-refractivity contribution in [2.45, 2.75) is 45.6 Å². The largest absolute Gasteiger partial charge is 0.340 e. The molecule has 166 valence electrons. The van der Waals surface area contributed by atoms with Crippen LogP contribution in [0.3, 0.4) is 0 Å². The molecule has 0 aliphatic rings. The standard InChI is InChI=1S/C24H31N3O3S/c1-16(28)25-19-10-12-20(13-11-19)26-23(30)21(14-15-31-5)27-22(29)17-6-8-18(9-7-17)24(2,3)4/h6-13,21H,14-15H2,1-5H3,(H,25,28)(H,26,30)(H,27,29). The second kappa shape index (κ2) is 11.0. The number of anilines is 2. The topological polar surface area (TPSA) is 87.3 Å². The van der Waals surface area contributed by atoms with E-state index in [0.29, 0.717) is 23.4 Å². The Morgan fingerprint density at radius 3 is 1.94 bits per heavy atom. The molecule has 0 saturated carbocycles. The highest BCUT2D eigenvalue weighted by molar-refractivity contribution is 7.98. The second-order valence-corrected chi connectivity index (χ2v) is 9.37. The first-order valence-electron chi connectivity index (χ1n) is 10.2. The first-order valence-corrected chi connectivity index (χ1v) is 11.6. The Labute approximate surface area is 188 Å². The lowest BCUT2D eigenvalue weighted by atomic mass is 9.86. The molecule has 2 rings (SSSR count). The smallest absolute Gasteiger partial charge is 0.251 e. The molecule has 3 N–H and O–H groups in total. The molecule has 6 nitrogen and oxygen atoms in total. The van der Waals surface area contributed by atoms with Crippen molar-refractivity contribution < 1.29 is 14.4 Å². The summed E-state index contributed by atoms with van der Waals surface area (Å²) in [5.41, 5.74) is 2.91. The van der Waals surface area contributed by atoms with Gasteiger partial charge in [0.1, 0.15) is 6.04 Å². The Morgan fingerprint density at radius 1 is 0.903 bits per heavy atom. The highest BCUT2D eigenvalue weighted by atomic mass is 32.2. The molecule has 3 amide bonds.